The Bertz CT molecular complexity index is 755. The molecule has 1 N–H and O–H groups in total. The minimum atomic E-state index is -0.734. The molecule has 5 nitrogen and oxygen atoms in total. The zero-order valence-electron chi connectivity index (χ0n) is 12.2. The summed E-state index contributed by atoms with van der Waals surface area (Å²) in [7, 11) is 0. The lowest BCUT2D eigenvalue weighted by atomic mass is 10.3. The highest BCUT2D eigenvalue weighted by atomic mass is 35.5. The molecular formula is C16H12Cl2FNO4. The van der Waals surface area contributed by atoms with Crippen molar-refractivity contribution in [1.29, 1.82) is 0 Å². The molecule has 0 saturated carbocycles. The molecule has 126 valence electrons. The van der Waals surface area contributed by atoms with Gasteiger partial charge in [-0.05, 0) is 30.3 Å². The number of rotatable bonds is 6. The van der Waals surface area contributed by atoms with E-state index < -0.39 is 24.3 Å². The molecule has 0 aliphatic heterocycles. The van der Waals surface area contributed by atoms with Gasteiger partial charge < -0.3 is 14.8 Å². The summed E-state index contributed by atoms with van der Waals surface area (Å²) < 4.78 is 23.0. The summed E-state index contributed by atoms with van der Waals surface area (Å²) >= 11 is 11.5. The molecule has 2 rings (SSSR count). The highest BCUT2D eigenvalue weighted by molar-refractivity contribution is 6.32. The maximum absolute atomic E-state index is 13.0. The van der Waals surface area contributed by atoms with Crippen LogP contribution in [0.3, 0.4) is 0 Å². The number of ether oxygens (including phenoxy) is 2. The number of halogens is 3. The number of esters is 1. The summed E-state index contributed by atoms with van der Waals surface area (Å²) in [6.07, 6.45) is 0. The first kappa shape index (κ1) is 18.0. The molecule has 24 heavy (non-hydrogen) atoms. The number of hydrogen-bond acceptors (Lipinski definition) is 4. The second-order valence-electron chi connectivity index (χ2n) is 4.56. The minimum Gasteiger partial charge on any atom is -0.480 e. The second kappa shape index (κ2) is 8.52. The molecule has 2 aromatic rings. The van der Waals surface area contributed by atoms with E-state index in [2.05, 4.69) is 5.32 Å². The summed E-state index contributed by atoms with van der Waals surface area (Å²) in [5, 5.41) is 2.65. The Morgan fingerprint density at radius 2 is 1.79 bits per heavy atom. The first-order chi connectivity index (χ1) is 11.5. The molecule has 0 heterocycles. The fourth-order valence-corrected chi connectivity index (χ4v) is 2.03. The fraction of sp³-hybridized carbons (Fsp3) is 0.125. The topological polar surface area (TPSA) is 64.6 Å². The van der Waals surface area contributed by atoms with Crippen molar-refractivity contribution >= 4 is 40.8 Å². The fourth-order valence-electron chi connectivity index (χ4n) is 1.66. The van der Waals surface area contributed by atoms with E-state index in [1.807, 2.05) is 0 Å². The van der Waals surface area contributed by atoms with Gasteiger partial charge in [0.15, 0.2) is 13.2 Å². The lowest BCUT2D eigenvalue weighted by molar-refractivity contribution is -0.149. The molecule has 8 heteroatoms. The Labute approximate surface area is 147 Å². The Morgan fingerprint density at radius 1 is 1.04 bits per heavy atom. The number of anilines is 1. The van der Waals surface area contributed by atoms with Gasteiger partial charge in [0.05, 0.1) is 10.0 Å². The Kier molecular flexibility index (Phi) is 6.40. The molecule has 0 aliphatic carbocycles. The smallest absolute Gasteiger partial charge is 0.344 e. The number of benzene rings is 2. The first-order valence-electron chi connectivity index (χ1n) is 6.73. The van der Waals surface area contributed by atoms with Gasteiger partial charge in [-0.15, -0.1) is 0 Å². The third-order valence-electron chi connectivity index (χ3n) is 2.75. The Morgan fingerprint density at radius 3 is 2.50 bits per heavy atom. The van der Waals surface area contributed by atoms with Gasteiger partial charge in [-0.25, -0.2) is 9.18 Å². The average Bonchev–Trinajstić information content (AvgIpc) is 2.55. The van der Waals surface area contributed by atoms with Crippen LogP contribution in [0.1, 0.15) is 0 Å². The summed E-state index contributed by atoms with van der Waals surface area (Å²) in [5.74, 6) is -1.59. The maximum Gasteiger partial charge on any atom is 0.344 e. The summed E-state index contributed by atoms with van der Waals surface area (Å²) in [6, 6.07) is 10.3. The van der Waals surface area contributed by atoms with Crippen LogP contribution >= 0.6 is 23.2 Å². The van der Waals surface area contributed by atoms with Crippen LogP contribution in [-0.4, -0.2) is 25.1 Å². The largest absolute Gasteiger partial charge is 0.480 e. The van der Waals surface area contributed by atoms with Gasteiger partial charge in [-0.1, -0.05) is 35.3 Å². The summed E-state index contributed by atoms with van der Waals surface area (Å²) in [6.45, 7) is -0.904. The van der Waals surface area contributed by atoms with Crippen molar-refractivity contribution in [3.05, 3.63) is 58.3 Å². The van der Waals surface area contributed by atoms with E-state index in [4.69, 9.17) is 32.7 Å². The van der Waals surface area contributed by atoms with Crippen LogP contribution in [0.15, 0.2) is 42.5 Å². The lowest BCUT2D eigenvalue weighted by Gasteiger charge is -2.09. The van der Waals surface area contributed by atoms with Crippen LogP contribution < -0.4 is 10.1 Å². The van der Waals surface area contributed by atoms with Crippen molar-refractivity contribution in [2.45, 2.75) is 0 Å². The molecule has 0 fully saturated rings. The van der Waals surface area contributed by atoms with Gasteiger partial charge >= 0.3 is 5.97 Å². The van der Waals surface area contributed by atoms with E-state index in [-0.39, 0.29) is 17.3 Å². The zero-order chi connectivity index (χ0) is 17.5. The summed E-state index contributed by atoms with van der Waals surface area (Å²) in [4.78, 5) is 23.2. The molecule has 0 radical (unpaired) electrons. The van der Waals surface area contributed by atoms with Crippen LogP contribution in [0.4, 0.5) is 10.1 Å². The number of amides is 1. The molecule has 0 aliphatic rings. The van der Waals surface area contributed by atoms with Gasteiger partial charge in [-0.2, -0.15) is 0 Å². The average molecular weight is 372 g/mol. The number of nitrogens with one attached hydrogen (secondary N) is 1. The van der Waals surface area contributed by atoms with Gasteiger partial charge in [0.1, 0.15) is 11.6 Å². The molecule has 0 spiro atoms. The molecule has 0 atom stereocenters. The van der Waals surface area contributed by atoms with Gasteiger partial charge in [0.25, 0.3) is 5.91 Å². The molecular weight excluding hydrogens is 360 g/mol. The maximum atomic E-state index is 13.0. The van der Waals surface area contributed by atoms with E-state index in [9.17, 15) is 14.0 Å². The van der Waals surface area contributed by atoms with Crippen molar-refractivity contribution in [3.63, 3.8) is 0 Å². The lowest BCUT2D eigenvalue weighted by Crippen LogP contribution is -2.23. The van der Waals surface area contributed by atoms with Gasteiger partial charge in [0, 0.05) is 5.69 Å². The van der Waals surface area contributed by atoms with Crippen molar-refractivity contribution < 1.29 is 23.5 Å². The van der Waals surface area contributed by atoms with E-state index in [0.717, 1.165) is 6.07 Å². The molecule has 0 saturated heterocycles. The Balaban J connectivity index is 1.76. The number of carbonyl (C=O) groups excluding carboxylic acids is 2. The van der Waals surface area contributed by atoms with Crippen LogP contribution in [0.25, 0.3) is 0 Å². The summed E-state index contributed by atoms with van der Waals surface area (Å²) in [5.41, 5.74) is 0.287. The molecule has 0 aromatic heterocycles. The van der Waals surface area contributed by atoms with Crippen LogP contribution in [0.5, 0.6) is 5.75 Å². The molecule has 0 unspecified atom stereocenters. The SMILES string of the molecule is O=C(COC(=O)COc1ccccc1Cl)Nc1ccc(F)c(Cl)c1. The van der Waals surface area contributed by atoms with Gasteiger partial charge in [0.2, 0.25) is 0 Å². The van der Waals surface area contributed by atoms with E-state index in [0.29, 0.717) is 10.8 Å². The third-order valence-corrected chi connectivity index (χ3v) is 3.35. The van der Waals surface area contributed by atoms with Crippen LogP contribution in [0, 0.1) is 5.82 Å². The van der Waals surface area contributed by atoms with Crippen LogP contribution in [-0.2, 0) is 14.3 Å². The van der Waals surface area contributed by atoms with Crippen molar-refractivity contribution in [3.8, 4) is 5.75 Å². The van der Waals surface area contributed by atoms with E-state index in [1.54, 1.807) is 24.3 Å². The monoisotopic (exact) mass is 371 g/mol. The number of hydrogen-bond donors (Lipinski definition) is 1. The van der Waals surface area contributed by atoms with E-state index >= 15 is 0 Å². The predicted molar refractivity (Wildman–Crippen MR) is 87.9 cm³/mol. The number of carbonyl (C=O) groups is 2. The van der Waals surface area contributed by atoms with Crippen molar-refractivity contribution in [1.82, 2.24) is 0 Å². The van der Waals surface area contributed by atoms with E-state index in [1.165, 1.54) is 12.1 Å². The minimum absolute atomic E-state index is 0.127. The van der Waals surface area contributed by atoms with Crippen molar-refractivity contribution in [2.24, 2.45) is 0 Å². The van der Waals surface area contributed by atoms with Crippen LogP contribution in [0.2, 0.25) is 10.0 Å². The molecule has 1 amide bonds. The van der Waals surface area contributed by atoms with Gasteiger partial charge in [-0.3, -0.25) is 4.79 Å². The standard InChI is InChI=1S/C16H12Cl2FNO4/c17-11-3-1-2-4-14(11)23-9-16(22)24-8-15(21)20-10-5-6-13(19)12(18)7-10/h1-7H,8-9H2,(H,20,21). The Hall–Kier alpha value is -2.31. The second-order valence-corrected chi connectivity index (χ2v) is 5.37. The quantitative estimate of drug-likeness (QED) is 0.786. The first-order valence-corrected chi connectivity index (χ1v) is 7.49. The van der Waals surface area contributed by atoms with Crippen molar-refractivity contribution in [2.75, 3.05) is 18.5 Å². The number of para-hydroxylation sites is 1. The highest BCUT2D eigenvalue weighted by Crippen LogP contribution is 2.23. The third kappa shape index (κ3) is 5.40. The normalized spacial score (nSPS) is 10.1. The molecule has 2 aromatic carbocycles. The highest BCUT2D eigenvalue weighted by Gasteiger charge is 2.10. The predicted octanol–water partition coefficient (Wildman–Crippen LogP) is 3.69. The zero-order valence-corrected chi connectivity index (χ0v) is 13.7. The molecule has 0 bridgehead atoms.